The topological polar surface area (TPSA) is 41.1 Å². The highest BCUT2D eigenvalue weighted by Gasteiger charge is 2.24. The van der Waals surface area contributed by atoms with Crippen molar-refractivity contribution in [1.82, 2.24) is 5.32 Å². The van der Waals surface area contributed by atoms with Crippen molar-refractivity contribution < 1.29 is 4.79 Å². The third-order valence-electron chi connectivity index (χ3n) is 3.57. The van der Waals surface area contributed by atoms with Gasteiger partial charge in [-0.25, -0.2) is 0 Å². The fourth-order valence-corrected chi connectivity index (χ4v) is 2.34. The third kappa shape index (κ3) is 2.50. The van der Waals surface area contributed by atoms with Gasteiger partial charge in [-0.3, -0.25) is 4.79 Å². The van der Waals surface area contributed by atoms with Gasteiger partial charge < -0.3 is 10.6 Å². The van der Waals surface area contributed by atoms with Gasteiger partial charge in [-0.2, -0.15) is 0 Å². The molecule has 0 saturated heterocycles. The lowest BCUT2D eigenvalue weighted by Gasteiger charge is -2.28. The smallest absolute Gasteiger partial charge is 0.242 e. The van der Waals surface area contributed by atoms with Gasteiger partial charge in [0.15, 0.2) is 0 Å². The maximum atomic E-state index is 11.6. The molecule has 3 nitrogen and oxygen atoms in total. The van der Waals surface area contributed by atoms with E-state index in [4.69, 9.17) is 0 Å². The van der Waals surface area contributed by atoms with Crippen LogP contribution >= 0.6 is 0 Å². The number of carbonyl (C=O) groups excluding carboxylic acids is 1. The van der Waals surface area contributed by atoms with Crippen LogP contribution in [0.15, 0.2) is 18.2 Å². The maximum absolute atomic E-state index is 11.6. The SMILES string of the molecule is CNC(=O)C1CCc2cc(C(C)(C)C)ccc2N1. The summed E-state index contributed by atoms with van der Waals surface area (Å²) in [7, 11) is 1.68. The Morgan fingerprint density at radius 3 is 2.72 bits per heavy atom. The number of hydrogen-bond donors (Lipinski definition) is 2. The highest BCUT2D eigenvalue weighted by Crippen LogP contribution is 2.30. The molecule has 18 heavy (non-hydrogen) atoms. The van der Waals surface area contributed by atoms with Crippen LogP contribution in [-0.4, -0.2) is 19.0 Å². The van der Waals surface area contributed by atoms with Crippen LogP contribution in [0.2, 0.25) is 0 Å². The van der Waals surface area contributed by atoms with Crippen molar-refractivity contribution in [1.29, 1.82) is 0 Å². The molecule has 1 aromatic carbocycles. The molecular weight excluding hydrogens is 224 g/mol. The summed E-state index contributed by atoms with van der Waals surface area (Å²) in [5.74, 6) is 0.0700. The number of carbonyl (C=O) groups is 1. The van der Waals surface area contributed by atoms with Crippen molar-refractivity contribution in [3.05, 3.63) is 29.3 Å². The minimum absolute atomic E-state index is 0.0700. The molecule has 1 heterocycles. The number of rotatable bonds is 1. The molecule has 98 valence electrons. The first-order valence-electron chi connectivity index (χ1n) is 6.53. The molecule has 0 spiro atoms. The first-order valence-corrected chi connectivity index (χ1v) is 6.53. The zero-order chi connectivity index (χ0) is 13.3. The minimum atomic E-state index is -0.0945. The highest BCUT2D eigenvalue weighted by atomic mass is 16.2. The van der Waals surface area contributed by atoms with Gasteiger partial charge in [0.1, 0.15) is 6.04 Å². The molecule has 1 aromatic rings. The summed E-state index contributed by atoms with van der Waals surface area (Å²) in [5.41, 5.74) is 3.94. The van der Waals surface area contributed by atoms with Crippen LogP contribution in [0.3, 0.4) is 0 Å². The molecule has 1 aliphatic heterocycles. The van der Waals surface area contributed by atoms with Crippen LogP contribution < -0.4 is 10.6 Å². The standard InChI is InChI=1S/C15H22N2O/c1-15(2,3)11-6-8-12-10(9-11)5-7-13(17-12)14(18)16-4/h6,8-9,13,17H,5,7H2,1-4H3,(H,16,18). The normalized spacial score (nSPS) is 18.8. The van der Waals surface area contributed by atoms with Gasteiger partial charge in [0.2, 0.25) is 5.91 Å². The van der Waals surface area contributed by atoms with E-state index in [0.717, 1.165) is 18.5 Å². The number of hydrogen-bond acceptors (Lipinski definition) is 2. The van der Waals surface area contributed by atoms with Crippen molar-refractivity contribution in [2.75, 3.05) is 12.4 Å². The van der Waals surface area contributed by atoms with Crippen LogP contribution in [0.25, 0.3) is 0 Å². The van der Waals surface area contributed by atoms with Crippen molar-refractivity contribution >= 4 is 11.6 Å². The van der Waals surface area contributed by atoms with E-state index in [9.17, 15) is 4.79 Å². The van der Waals surface area contributed by atoms with E-state index in [1.807, 2.05) is 0 Å². The number of benzene rings is 1. The molecule has 1 amide bonds. The molecule has 0 radical (unpaired) electrons. The zero-order valence-electron chi connectivity index (χ0n) is 11.6. The van der Waals surface area contributed by atoms with E-state index in [2.05, 4.69) is 49.6 Å². The van der Waals surface area contributed by atoms with Crippen LogP contribution in [0.4, 0.5) is 5.69 Å². The quantitative estimate of drug-likeness (QED) is 0.799. The van der Waals surface area contributed by atoms with Crippen LogP contribution in [0.1, 0.15) is 38.3 Å². The lowest BCUT2D eigenvalue weighted by Crippen LogP contribution is -2.40. The number of aryl methyl sites for hydroxylation is 1. The first-order chi connectivity index (χ1) is 8.41. The molecule has 0 aliphatic carbocycles. The van der Waals surface area contributed by atoms with Gasteiger partial charge in [-0.05, 0) is 35.4 Å². The Hall–Kier alpha value is -1.51. The number of nitrogens with one attached hydrogen (secondary N) is 2. The molecule has 3 heteroatoms. The predicted octanol–water partition coefficient (Wildman–Crippen LogP) is 2.46. The first kappa shape index (κ1) is 12.9. The molecule has 2 rings (SSSR count). The molecule has 0 saturated carbocycles. The molecule has 0 aromatic heterocycles. The maximum Gasteiger partial charge on any atom is 0.242 e. The lowest BCUT2D eigenvalue weighted by atomic mass is 9.84. The Morgan fingerprint density at radius 1 is 1.39 bits per heavy atom. The number of likely N-dealkylation sites (N-methyl/N-ethyl adjacent to an activating group) is 1. The van der Waals surface area contributed by atoms with Gasteiger partial charge in [0.05, 0.1) is 0 Å². The van der Waals surface area contributed by atoms with Crippen molar-refractivity contribution in [3.8, 4) is 0 Å². The van der Waals surface area contributed by atoms with E-state index in [1.54, 1.807) is 7.05 Å². The summed E-state index contributed by atoms with van der Waals surface area (Å²) in [4.78, 5) is 11.6. The largest absolute Gasteiger partial charge is 0.373 e. The summed E-state index contributed by atoms with van der Waals surface area (Å²) in [6.07, 6.45) is 1.82. The molecule has 2 N–H and O–H groups in total. The second kappa shape index (κ2) is 4.63. The fraction of sp³-hybridized carbons (Fsp3) is 0.533. The molecule has 1 unspecified atom stereocenters. The number of fused-ring (bicyclic) bond motifs is 1. The average molecular weight is 246 g/mol. The van der Waals surface area contributed by atoms with E-state index < -0.39 is 0 Å². The highest BCUT2D eigenvalue weighted by molar-refractivity contribution is 5.85. The van der Waals surface area contributed by atoms with Crippen LogP contribution in [0, 0.1) is 0 Å². The molecular formula is C15H22N2O. The van der Waals surface area contributed by atoms with Gasteiger partial charge in [-0.15, -0.1) is 0 Å². The van der Waals surface area contributed by atoms with Crippen molar-refractivity contribution in [2.45, 2.75) is 45.1 Å². The monoisotopic (exact) mass is 246 g/mol. The summed E-state index contributed by atoms with van der Waals surface area (Å²) in [6.45, 7) is 6.66. The average Bonchev–Trinajstić information content (AvgIpc) is 2.35. The molecule has 1 atom stereocenters. The van der Waals surface area contributed by atoms with Gasteiger partial charge in [0.25, 0.3) is 0 Å². The minimum Gasteiger partial charge on any atom is -0.373 e. The molecule has 0 fully saturated rings. The van der Waals surface area contributed by atoms with Crippen molar-refractivity contribution in [2.24, 2.45) is 0 Å². The Morgan fingerprint density at radius 2 is 2.11 bits per heavy atom. The Labute approximate surface area is 109 Å². The second-order valence-corrected chi connectivity index (χ2v) is 5.97. The Balaban J connectivity index is 2.24. The van der Waals surface area contributed by atoms with E-state index in [1.165, 1.54) is 11.1 Å². The van der Waals surface area contributed by atoms with Crippen LogP contribution in [-0.2, 0) is 16.6 Å². The zero-order valence-corrected chi connectivity index (χ0v) is 11.6. The Kier molecular flexibility index (Phi) is 3.33. The molecule has 0 bridgehead atoms. The van der Waals surface area contributed by atoms with Crippen molar-refractivity contribution in [3.63, 3.8) is 0 Å². The van der Waals surface area contributed by atoms with Gasteiger partial charge >= 0.3 is 0 Å². The predicted molar refractivity (Wildman–Crippen MR) is 74.9 cm³/mol. The summed E-state index contributed by atoms with van der Waals surface area (Å²) < 4.78 is 0. The van der Waals surface area contributed by atoms with Crippen LogP contribution in [0.5, 0.6) is 0 Å². The summed E-state index contributed by atoms with van der Waals surface area (Å²) >= 11 is 0. The molecule has 1 aliphatic rings. The van der Waals surface area contributed by atoms with Gasteiger partial charge in [0, 0.05) is 12.7 Å². The third-order valence-corrected chi connectivity index (χ3v) is 3.57. The summed E-state index contributed by atoms with van der Waals surface area (Å²) in [5, 5.41) is 6.01. The van der Waals surface area contributed by atoms with E-state index in [0.29, 0.717) is 0 Å². The van der Waals surface area contributed by atoms with E-state index in [-0.39, 0.29) is 17.4 Å². The van der Waals surface area contributed by atoms with E-state index >= 15 is 0 Å². The second-order valence-electron chi connectivity index (χ2n) is 5.97. The fourth-order valence-electron chi connectivity index (χ4n) is 2.34. The number of anilines is 1. The Bertz CT molecular complexity index is 460. The summed E-state index contributed by atoms with van der Waals surface area (Å²) in [6, 6.07) is 6.42. The number of amides is 1. The van der Waals surface area contributed by atoms with Gasteiger partial charge in [-0.1, -0.05) is 32.9 Å². The lowest BCUT2D eigenvalue weighted by molar-refractivity contribution is -0.121.